The van der Waals surface area contributed by atoms with Crippen molar-refractivity contribution in [2.24, 2.45) is 0 Å². The Bertz CT molecular complexity index is 432. The molecule has 100 valence electrons. The number of nitrogens with one attached hydrogen (secondary N) is 1. The van der Waals surface area contributed by atoms with Gasteiger partial charge in [0.25, 0.3) is 0 Å². The van der Waals surface area contributed by atoms with E-state index >= 15 is 0 Å². The van der Waals surface area contributed by atoms with Gasteiger partial charge in [0.15, 0.2) is 0 Å². The number of benzene rings is 1. The van der Waals surface area contributed by atoms with Crippen LogP contribution in [-0.4, -0.2) is 38.3 Å². The van der Waals surface area contributed by atoms with Crippen LogP contribution < -0.4 is 16.0 Å². The van der Waals surface area contributed by atoms with E-state index < -0.39 is 5.97 Å². The molecule has 0 unspecified atom stereocenters. The number of hydrogen-bond donors (Lipinski definition) is 3. The number of carboxylic acids is 1. The summed E-state index contributed by atoms with van der Waals surface area (Å²) in [6.45, 7) is 3.63. The van der Waals surface area contributed by atoms with Crippen LogP contribution in [0.4, 0.5) is 11.4 Å². The number of rotatable bonds is 6. The maximum Gasteiger partial charge on any atom is 0.337 e. The molecule has 0 spiro atoms. The van der Waals surface area contributed by atoms with Crippen molar-refractivity contribution in [1.29, 1.82) is 0 Å². The van der Waals surface area contributed by atoms with E-state index in [4.69, 9.17) is 10.8 Å². The smallest absolute Gasteiger partial charge is 0.337 e. The fourth-order valence-electron chi connectivity index (χ4n) is 1.80. The van der Waals surface area contributed by atoms with Crippen LogP contribution in [0.5, 0.6) is 0 Å². The first-order chi connectivity index (χ1) is 8.47. The lowest BCUT2D eigenvalue weighted by Gasteiger charge is -2.21. The fourth-order valence-corrected chi connectivity index (χ4v) is 1.80. The van der Waals surface area contributed by atoms with Crippen LogP contribution >= 0.6 is 0 Å². The molecule has 0 aliphatic carbocycles. The van der Waals surface area contributed by atoms with Gasteiger partial charge in [-0.2, -0.15) is 0 Å². The van der Waals surface area contributed by atoms with Crippen molar-refractivity contribution in [1.82, 2.24) is 5.32 Å². The summed E-state index contributed by atoms with van der Waals surface area (Å²) in [5.41, 5.74) is 7.96. The first-order valence-corrected chi connectivity index (χ1v) is 5.96. The molecule has 1 aromatic carbocycles. The summed E-state index contributed by atoms with van der Waals surface area (Å²) in [7, 11) is 3.86. The Labute approximate surface area is 108 Å². The Morgan fingerprint density at radius 3 is 2.72 bits per heavy atom. The van der Waals surface area contributed by atoms with Gasteiger partial charge in [0.2, 0.25) is 0 Å². The number of aryl methyl sites for hydroxylation is 1. The maximum absolute atomic E-state index is 11.1. The van der Waals surface area contributed by atoms with Gasteiger partial charge in [-0.05, 0) is 44.6 Å². The zero-order valence-corrected chi connectivity index (χ0v) is 11.2. The molecular weight excluding hydrogens is 230 g/mol. The average Bonchev–Trinajstić information content (AvgIpc) is 2.32. The van der Waals surface area contributed by atoms with Crippen molar-refractivity contribution in [2.45, 2.75) is 13.3 Å². The summed E-state index contributed by atoms with van der Waals surface area (Å²) >= 11 is 0. The maximum atomic E-state index is 11.1. The number of anilines is 2. The lowest BCUT2D eigenvalue weighted by molar-refractivity contribution is 0.0698. The van der Waals surface area contributed by atoms with E-state index in [1.807, 2.05) is 32.0 Å². The molecule has 18 heavy (non-hydrogen) atoms. The summed E-state index contributed by atoms with van der Waals surface area (Å²) < 4.78 is 0. The van der Waals surface area contributed by atoms with Crippen LogP contribution in [-0.2, 0) is 0 Å². The molecule has 1 aromatic rings. The Morgan fingerprint density at radius 2 is 2.17 bits per heavy atom. The van der Waals surface area contributed by atoms with Crippen LogP contribution in [0.15, 0.2) is 12.1 Å². The highest BCUT2D eigenvalue weighted by atomic mass is 16.4. The van der Waals surface area contributed by atoms with E-state index in [2.05, 4.69) is 5.32 Å². The molecule has 0 atom stereocenters. The molecule has 0 amide bonds. The molecule has 0 aromatic heterocycles. The van der Waals surface area contributed by atoms with Gasteiger partial charge in [-0.15, -0.1) is 0 Å². The van der Waals surface area contributed by atoms with Gasteiger partial charge in [-0.25, -0.2) is 4.79 Å². The Morgan fingerprint density at radius 1 is 1.50 bits per heavy atom. The minimum atomic E-state index is -0.985. The van der Waals surface area contributed by atoms with Crippen LogP contribution in [0.25, 0.3) is 0 Å². The van der Waals surface area contributed by atoms with E-state index in [-0.39, 0.29) is 5.56 Å². The second-order valence-corrected chi connectivity index (χ2v) is 4.41. The third kappa shape index (κ3) is 3.37. The SMILES string of the molecule is CNCCCN(C)c1cc(C)c(N)c(C(=O)O)c1. The predicted octanol–water partition coefficient (Wildman–Crippen LogP) is 1.32. The highest BCUT2D eigenvalue weighted by Gasteiger charge is 2.13. The van der Waals surface area contributed by atoms with Crippen LogP contribution in [0.2, 0.25) is 0 Å². The first-order valence-electron chi connectivity index (χ1n) is 5.96. The predicted molar refractivity (Wildman–Crippen MR) is 74.4 cm³/mol. The number of nitrogens with two attached hydrogens (primary N) is 1. The van der Waals surface area contributed by atoms with E-state index in [0.29, 0.717) is 5.69 Å². The summed E-state index contributed by atoms with van der Waals surface area (Å²) in [5.74, 6) is -0.985. The zero-order chi connectivity index (χ0) is 13.7. The zero-order valence-electron chi connectivity index (χ0n) is 11.2. The van der Waals surface area contributed by atoms with Gasteiger partial charge in [-0.1, -0.05) is 0 Å². The number of carboxylic acid groups (broad SMARTS) is 1. The second kappa shape index (κ2) is 6.26. The summed E-state index contributed by atoms with van der Waals surface area (Å²) in [6.07, 6.45) is 0.999. The fraction of sp³-hybridized carbons (Fsp3) is 0.462. The van der Waals surface area contributed by atoms with Crippen LogP contribution in [0, 0.1) is 6.92 Å². The topological polar surface area (TPSA) is 78.6 Å². The van der Waals surface area contributed by atoms with E-state index in [1.165, 1.54) is 0 Å². The lowest BCUT2D eigenvalue weighted by atomic mass is 10.1. The molecule has 4 N–H and O–H groups in total. The monoisotopic (exact) mass is 251 g/mol. The molecule has 0 fully saturated rings. The molecule has 0 bridgehead atoms. The van der Waals surface area contributed by atoms with E-state index in [1.54, 1.807) is 6.07 Å². The normalized spacial score (nSPS) is 10.4. The average molecular weight is 251 g/mol. The van der Waals surface area contributed by atoms with Crippen molar-refractivity contribution in [3.8, 4) is 0 Å². The molecule has 1 rings (SSSR count). The van der Waals surface area contributed by atoms with Gasteiger partial charge in [-0.3, -0.25) is 0 Å². The minimum Gasteiger partial charge on any atom is -0.478 e. The van der Waals surface area contributed by atoms with Gasteiger partial charge < -0.3 is 21.1 Å². The third-order valence-electron chi connectivity index (χ3n) is 2.96. The Hall–Kier alpha value is -1.75. The highest BCUT2D eigenvalue weighted by Crippen LogP contribution is 2.25. The van der Waals surface area contributed by atoms with Gasteiger partial charge in [0.1, 0.15) is 0 Å². The van der Waals surface area contributed by atoms with E-state index in [0.717, 1.165) is 30.8 Å². The van der Waals surface area contributed by atoms with Crippen molar-refractivity contribution in [2.75, 3.05) is 37.8 Å². The molecule has 0 heterocycles. The van der Waals surface area contributed by atoms with Crippen molar-refractivity contribution < 1.29 is 9.90 Å². The largest absolute Gasteiger partial charge is 0.478 e. The lowest BCUT2D eigenvalue weighted by Crippen LogP contribution is -2.22. The van der Waals surface area contributed by atoms with Gasteiger partial charge in [0.05, 0.1) is 5.56 Å². The van der Waals surface area contributed by atoms with Gasteiger partial charge >= 0.3 is 5.97 Å². The van der Waals surface area contributed by atoms with Crippen LogP contribution in [0.1, 0.15) is 22.3 Å². The summed E-state index contributed by atoms with van der Waals surface area (Å²) in [6, 6.07) is 3.55. The number of carbonyl (C=O) groups is 1. The molecule has 5 heteroatoms. The van der Waals surface area contributed by atoms with Crippen molar-refractivity contribution in [3.05, 3.63) is 23.3 Å². The molecule has 5 nitrogen and oxygen atoms in total. The molecule has 0 saturated carbocycles. The second-order valence-electron chi connectivity index (χ2n) is 4.41. The summed E-state index contributed by atoms with van der Waals surface area (Å²) in [4.78, 5) is 13.1. The van der Waals surface area contributed by atoms with E-state index in [9.17, 15) is 4.79 Å². The molecule has 0 aliphatic rings. The number of hydrogen-bond acceptors (Lipinski definition) is 4. The quantitative estimate of drug-likeness (QED) is 0.525. The van der Waals surface area contributed by atoms with Crippen LogP contribution in [0.3, 0.4) is 0 Å². The third-order valence-corrected chi connectivity index (χ3v) is 2.96. The number of nitrogen functional groups attached to an aromatic ring is 1. The Kier molecular flexibility index (Phi) is 4.97. The molecular formula is C13H21N3O2. The highest BCUT2D eigenvalue weighted by molar-refractivity contribution is 5.95. The van der Waals surface area contributed by atoms with Crippen molar-refractivity contribution >= 4 is 17.3 Å². The van der Waals surface area contributed by atoms with Crippen molar-refractivity contribution in [3.63, 3.8) is 0 Å². The molecule has 0 radical (unpaired) electrons. The standard InChI is InChI=1S/C13H21N3O2/c1-9-7-10(16(3)6-4-5-15-2)8-11(12(9)14)13(17)18/h7-8,15H,4-6,14H2,1-3H3,(H,17,18). The number of aromatic carboxylic acids is 1. The minimum absolute atomic E-state index is 0.172. The first kappa shape index (κ1) is 14.3. The van der Waals surface area contributed by atoms with Gasteiger partial charge in [0, 0.05) is 25.0 Å². The molecule has 0 saturated heterocycles. The molecule has 0 aliphatic heterocycles. The number of nitrogens with zero attached hydrogens (tertiary/aromatic N) is 1. The summed E-state index contributed by atoms with van der Waals surface area (Å²) in [5, 5.41) is 12.2. The Balaban J connectivity index is 2.92.